The summed E-state index contributed by atoms with van der Waals surface area (Å²) in [7, 11) is 0. The van der Waals surface area contributed by atoms with E-state index in [1.165, 1.54) is 64.7 Å². The molecule has 0 saturated heterocycles. The highest BCUT2D eigenvalue weighted by Crippen LogP contribution is 2.03. The molecule has 0 saturated carbocycles. The molecule has 4 N–H and O–H groups in total. The quantitative estimate of drug-likeness (QED) is 0.405. The average Bonchev–Trinajstić information content (AvgIpc) is 2.54. The van der Waals surface area contributed by atoms with Gasteiger partial charge in [-0.1, -0.05) is 33.1 Å². The Morgan fingerprint density at radius 2 is 0.909 bits per heavy atom. The highest BCUT2D eigenvalue weighted by Gasteiger charge is 2.07. The molecular formula is C18H42N4. The topological polar surface area (TPSA) is 58.5 Å². The largest absolute Gasteiger partial charge is 0.330 e. The molecule has 0 aromatic carbocycles. The van der Waals surface area contributed by atoms with E-state index >= 15 is 0 Å². The van der Waals surface area contributed by atoms with Crippen LogP contribution in [-0.4, -0.2) is 62.2 Å². The van der Waals surface area contributed by atoms with Crippen molar-refractivity contribution >= 4 is 0 Å². The molecule has 4 heteroatoms. The zero-order valence-electron chi connectivity index (χ0n) is 15.4. The Hall–Kier alpha value is -0.160. The van der Waals surface area contributed by atoms with Gasteiger partial charge in [0.1, 0.15) is 0 Å². The standard InChI is InChI=1S/C18H42N4/c1-3-5-7-14-22(16-9-12-20)18-10-17-21(13-6-4-2)15-8-11-19/h3-20H2,1-2H3. The lowest BCUT2D eigenvalue weighted by Gasteiger charge is -2.26. The zero-order chi connectivity index (χ0) is 16.5. The normalized spacial score (nSPS) is 11.7. The summed E-state index contributed by atoms with van der Waals surface area (Å²) in [6.45, 7) is 13.4. The van der Waals surface area contributed by atoms with E-state index in [4.69, 9.17) is 11.5 Å². The van der Waals surface area contributed by atoms with Crippen LogP contribution in [0.5, 0.6) is 0 Å². The van der Waals surface area contributed by atoms with Crippen molar-refractivity contribution in [2.24, 2.45) is 11.5 Å². The highest BCUT2D eigenvalue weighted by molar-refractivity contribution is 4.63. The van der Waals surface area contributed by atoms with E-state index in [9.17, 15) is 0 Å². The highest BCUT2D eigenvalue weighted by atomic mass is 15.1. The Bertz CT molecular complexity index is 203. The molecule has 22 heavy (non-hydrogen) atoms. The van der Waals surface area contributed by atoms with E-state index in [-0.39, 0.29) is 0 Å². The summed E-state index contributed by atoms with van der Waals surface area (Å²) in [4.78, 5) is 5.22. The number of nitrogens with two attached hydrogens (primary N) is 2. The molecule has 0 fully saturated rings. The first-order valence-electron chi connectivity index (χ1n) is 9.63. The Kier molecular flexibility index (Phi) is 17.1. The SMILES string of the molecule is CCCCCN(CCCN)CCCN(CCCC)CCCN. The van der Waals surface area contributed by atoms with Gasteiger partial charge in [0.15, 0.2) is 0 Å². The van der Waals surface area contributed by atoms with Crippen molar-refractivity contribution in [2.75, 3.05) is 52.4 Å². The van der Waals surface area contributed by atoms with Crippen LogP contribution in [0.2, 0.25) is 0 Å². The molecule has 0 atom stereocenters. The maximum Gasteiger partial charge on any atom is -0.000654 e. The molecule has 0 aliphatic rings. The third kappa shape index (κ3) is 13.5. The van der Waals surface area contributed by atoms with Gasteiger partial charge in [-0.2, -0.15) is 0 Å². The summed E-state index contributed by atoms with van der Waals surface area (Å²) in [6, 6.07) is 0. The van der Waals surface area contributed by atoms with Crippen molar-refractivity contribution in [3.63, 3.8) is 0 Å². The maximum absolute atomic E-state index is 5.67. The molecule has 0 aliphatic carbocycles. The van der Waals surface area contributed by atoms with E-state index in [1.54, 1.807) is 0 Å². The summed E-state index contributed by atoms with van der Waals surface area (Å²) in [5, 5.41) is 0. The predicted molar refractivity (Wildman–Crippen MR) is 99.3 cm³/mol. The number of hydrogen-bond donors (Lipinski definition) is 2. The van der Waals surface area contributed by atoms with Crippen LogP contribution in [0.4, 0.5) is 0 Å². The smallest absolute Gasteiger partial charge is 0.000654 e. The predicted octanol–water partition coefficient (Wildman–Crippen LogP) is 2.67. The van der Waals surface area contributed by atoms with Gasteiger partial charge in [-0.05, 0) is 84.5 Å². The average molecular weight is 315 g/mol. The van der Waals surface area contributed by atoms with Crippen molar-refractivity contribution < 1.29 is 0 Å². The van der Waals surface area contributed by atoms with Crippen molar-refractivity contribution in [3.05, 3.63) is 0 Å². The van der Waals surface area contributed by atoms with Gasteiger partial charge >= 0.3 is 0 Å². The van der Waals surface area contributed by atoms with E-state index < -0.39 is 0 Å². The van der Waals surface area contributed by atoms with Gasteiger partial charge < -0.3 is 21.3 Å². The third-order valence-electron chi connectivity index (χ3n) is 4.21. The summed E-state index contributed by atoms with van der Waals surface area (Å²) in [5.41, 5.74) is 11.3. The lowest BCUT2D eigenvalue weighted by atomic mass is 10.2. The molecule has 0 aromatic rings. The first-order valence-corrected chi connectivity index (χ1v) is 9.63. The number of hydrogen-bond acceptors (Lipinski definition) is 4. The van der Waals surface area contributed by atoms with Gasteiger partial charge in [0.05, 0.1) is 0 Å². The molecule has 0 heterocycles. The van der Waals surface area contributed by atoms with Gasteiger partial charge in [0.25, 0.3) is 0 Å². The zero-order valence-corrected chi connectivity index (χ0v) is 15.4. The molecule has 0 amide bonds. The summed E-state index contributed by atoms with van der Waals surface area (Å²) < 4.78 is 0. The second kappa shape index (κ2) is 17.2. The Morgan fingerprint density at radius 3 is 1.36 bits per heavy atom. The van der Waals surface area contributed by atoms with Crippen molar-refractivity contribution in [3.8, 4) is 0 Å². The molecule has 0 aliphatic heterocycles. The van der Waals surface area contributed by atoms with Crippen molar-refractivity contribution in [1.82, 2.24) is 9.80 Å². The van der Waals surface area contributed by atoms with Gasteiger partial charge in [0.2, 0.25) is 0 Å². The Morgan fingerprint density at radius 1 is 0.500 bits per heavy atom. The van der Waals surface area contributed by atoms with Gasteiger partial charge in [-0.25, -0.2) is 0 Å². The Labute approximate surface area is 139 Å². The number of nitrogens with zero attached hydrogens (tertiary/aromatic N) is 2. The molecule has 0 spiro atoms. The summed E-state index contributed by atoms with van der Waals surface area (Å²) >= 11 is 0. The first kappa shape index (κ1) is 21.8. The van der Waals surface area contributed by atoms with Crippen LogP contribution in [-0.2, 0) is 0 Å². The number of unbranched alkanes of at least 4 members (excludes halogenated alkanes) is 3. The minimum atomic E-state index is 0.808. The van der Waals surface area contributed by atoms with Crippen LogP contribution in [0.25, 0.3) is 0 Å². The first-order chi connectivity index (χ1) is 10.8. The minimum absolute atomic E-state index is 0.808. The monoisotopic (exact) mass is 314 g/mol. The van der Waals surface area contributed by atoms with Crippen LogP contribution in [0.1, 0.15) is 65.2 Å². The summed E-state index contributed by atoms with van der Waals surface area (Å²) in [6.07, 6.45) is 10.1. The fraction of sp³-hybridized carbons (Fsp3) is 1.00. The molecule has 0 rings (SSSR count). The van der Waals surface area contributed by atoms with Crippen LogP contribution in [0.15, 0.2) is 0 Å². The molecule has 0 bridgehead atoms. The molecule has 0 aromatic heterocycles. The molecule has 134 valence electrons. The molecule has 0 unspecified atom stereocenters. The second-order valence-corrected chi connectivity index (χ2v) is 6.38. The Balaban J connectivity index is 3.99. The summed E-state index contributed by atoms with van der Waals surface area (Å²) in [5.74, 6) is 0. The lowest BCUT2D eigenvalue weighted by molar-refractivity contribution is 0.220. The van der Waals surface area contributed by atoms with Crippen LogP contribution in [0.3, 0.4) is 0 Å². The van der Waals surface area contributed by atoms with Crippen molar-refractivity contribution in [2.45, 2.75) is 65.2 Å². The molecule has 4 nitrogen and oxygen atoms in total. The van der Waals surface area contributed by atoms with Gasteiger partial charge in [-0.15, -0.1) is 0 Å². The maximum atomic E-state index is 5.67. The second-order valence-electron chi connectivity index (χ2n) is 6.38. The fourth-order valence-electron chi connectivity index (χ4n) is 2.79. The van der Waals surface area contributed by atoms with Crippen molar-refractivity contribution in [1.29, 1.82) is 0 Å². The van der Waals surface area contributed by atoms with Gasteiger partial charge in [0, 0.05) is 0 Å². The van der Waals surface area contributed by atoms with Gasteiger partial charge in [-0.3, -0.25) is 0 Å². The van der Waals surface area contributed by atoms with Crippen LogP contribution < -0.4 is 11.5 Å². The minimum Gasteiger partial charge on any atom is -0.330 e. The molecular weight excluding hydrogens is 272 g/mol. The lowest BCUT2D eigenvalue weighted by Crippen LogP contribution is -2.33. The van der Waals surface area contributed by atoms with E-state index in [2.05, 4.69) is 23.6 Å². The molecule has 0 radical (unpaired) electrons. The van der Waals surface area contributed by atoms with E-state index in [0.717, 1.165) is 39.0 Å². The van der Waals surface area contributed by atoms with E-state index in [0.29, 0.717) is 0 Å². The number of rotatable bonds is 17. The van der Waals surface area contributed by atoms with E-state index in [1.807, 2.05) is 0 Å². The van der Waals surface area contributed by atoms with Crippen LogP contribution in [0, 0.1) is 0 Å². The van der Waals surface area contributed by atoms with Crippen LogP contribution >= 0.6 is 0 Å². The third-order valence-corrected chi connectivity index (χ3v) is 4.21. The fourth-order valence-corrected chi connectivity index (χ4v) is 2.79.